The molecule has 0 atom stereocenters. The third-order valence-corrected chi connectivity index (χ3v) is 4.58. The van der Waals surface area contributed by atoms with E-state index in [4.69, 9.17) is 0 Å². The van der Waals surface area contributed by atoms with Gasteiger partial charge in [-0.2, -0.15) is 0 Å². The third kappa shape index (κ3) is 3.01. The van der Waals surface area contributed by atoms with Crippen LogP contribution in [0.5, 0.6) is 0 Å². The Labute approximate surface area is 105 Å². The van der Waals surface area contributed by atoms with Gasteiger partial charge in [0, 0.05) is 19.0 Å². The summed E-state index contributed by atoms with van der Waals surface area (Å²) >= 11 is 0. The van der Waals surface area contributed by atoms with Gasteiger partial charge in [-0.25, -0.2) is 0 Å². The molecule has 1 heterocycles. The van der Waals surface area contributed by atoms with E-state index in [0.717, 1.165) is 38.4 Å². The SMILES string of the molecule is CN(CC1CCCC1)C(=O)C1(C)CCNCC1. The first kappa shape index (κ1) is 12.9. The van der Waals surface area contributed by atoms with Crippen molar-refractivity contribution in [1.82, 2.24) is 10.2 Å². The molecule has 1 saturated heterocycles. The first-order valence-electron chi connectivity index (χ1n) is 7.08. The number of carbonyl (C=O) groups is 1. The molecular weight excluding hydrogens is 212 g/mol. The van der Waals surface area contributed by atoms with Crippen LogP contribution in [0.25, 0.3) is 0 Å². The van der Waals surface area contributed by atoms with Crippen LogP contribution >= 0.6 is 0 Å². The van der Waals surface area contributed by atoms with Crippen molar-refractivity contribution in [1.29, 1.82) is 0 Å². The second kappa shape index (κ2) is 5.38. The average Bonchev–Trinajstić information content (AvgIpc) is 2.81. The molecule has 1 saturated carbocycles. The molecule has 0 aromatic carbocycles. The lowest BCUT2D eigenvalue weighted by Crippen LogP contribution is -2.47. The largest absolute Gasteiger partial charge is 0.345 e. The van der Waals surface area contributed by atoms with Crippen molar-refractivity contribution >= 4 is 5.91 Å². The van der Waals surface area contributed by atoms with Crippen molar-refractivity contribution in [2.75, 3.05) is 26.7 Å². The molecule has 0 spiro atoms. The van der Waals surface area contributed by atoms with Gasteiger partial charge in [-0.15, -0.1) is 0 Å². The Kier molecular flexibility index (Phi) is 4.08. The van der Waals surface area contributed by atoms with Crippen LogP contribution in [0, 0.1) is 11.3 Å². The summed E-state index contributed by atoms with van der Waals surface area (Å²) in [6.07, 6.45) is 7.31. The third-order valence-electron chi connectivity index (χ3n) is 4.58. The van der Waals surface area contributed by atoms with Gasteiger partial charge in [-0.3, -0.25) is 4.79 Å². The second-order valence-corrected chi connectivity index (χ2v) is 6.15. The summed E-state index contributed by atoms with van der Waals surface area (Å²) < 4.78 is 0. The van der Waals surface area contributed by atoms with Gasteiger partial charge in [-0.05, 0) is 44.7 Å². The standard InChI is InChI=1S/C14H26N2O/c1-14(7-9-15-10-8-14)13(17)16(2)11-12-5-3-4-6-12/h12,15H,3-11H2,1-2H3. The number of rotatable bonds is 3. The lowest BCUT2D eigenvalue weighted by molar-refractivity contribution is -0.141. The normalized spacial score (nSPS) is 24.8. The summed E-state index contributed by atoms with van der Waals surface area (Å²) in [4.78, 5) is 14.5. The molecule has 1 aliphatic carbocycles. The molecule has 2 rings (SSSR count). The summed E-state index contributed by atoms with van der Waals surface area (Å²) in [6, 6.07) is 0. The van der Waals surface area contributed by atoms with Gasteiger partial charge in [0.15, 0.2) is 0 Å². The van der Waals surface area contributed by atoms with Gasteiger partial charge in [0.2, 0.25) is 5.91 Å². The van der Waals surface area contributed by atoms with Crippen molar-refractivity contribution in [3.63, 3.8) is 0 Å². The number of hydrogen-bond donors (Lipinski definition) is 1. The molecule has 1 amide bonds. The van der Waals surface area contributed by atoms with E-state index in [9.17, 15) is 4.79 Å². The molecule has 98 valence electrons. The van der Waals surface area contributed by atoms with Crippen LogP contribution in [0.15, 0.2) is 0 Å². The average molecular weight is 238 g/mol. The maximum Gasteiger partial charge on any atom is 0.228 e. The molecule has 0 radical (unpaired) electrons. The van der Waals surface area contributed by atoms with Gasteiger partial charge in [0.25, 0.3) is 0 Å². The van der Waals surface area contributed by atoms with Gasteiger partial charge in [0.1, 0.15) is 0 Å². The van der Waals surface area contributed by atoms with Crippen LogP contribution in [0.1, 0.15) is 45.4 Å². The van der Waals surface area contributed by atoms with Crippen LogP contribution in [0.3, 0.4) is 0 Å². The smallest absolute Gasteiger partial charge is 0.228 e. The number of carbonyl (C=O) groups excluding carboxylic acids is 1. The maximum atomic E-state index is 12.5. The number of amides is 1. The zero-order valence-electron chi connectivity index (χ0n) is 11.3. The topological polar surface area (TPSA) is 32.3 Å². The molecule has 0 aromatic rings. The molecule has 2 fully saturated rings. The predicted octanol–water partition coefficient (Wildman–Crippen LogP) is 2.02. The maximum absolute atomic E-state index is 12.5. The Hall–Kier alpha value is -0.570. The molecule has 0 unspecified atom stereocenters. The molecule has 2 aliphatic rings. The zero-order valence-corrected chi connectivity index (χ0v) is 11.3. The van der Waals surface area contributed by atoms with E-state index < -0.39 is 0 Å². The summed E-state index contributed by atoms with van der Waals surface area (Å²) in [5, 5.41) is 3.34. The zero-order chi connectivity index (χ0) is 12.3. The van der Waals surface area contributed by atoms with Crippen LogP contribution in [-0.4, -0.2) is 37.5 Å². The minimum absolute atomic E-state index is 0.112. The highest BCUT2D eigenvalue weighted by Gasteiger charge is 2.37. The minimum Gasteiger partial charge on any atom is -0.345 e. The second-order valence-electron chi connectivity index (χ2n) is 6.15. The molecule has 1 aliphatic heterocycles. The molecule has 0 bridgehead atoms. The van der Waals surface area contributed by atoms with Crippen molar-refractivity contribution < 1.29 is 4.79 Å². The molecule has 1 N–H and O–H groups in total. The fraction of sp³-hybridized carbons (Fsp3) is 0.929. The van der Waals surface area contributed by atoms with Crippen molar-refractivity contribution in [2.24, 2.45) is 11.3 Å². The van der Waals surface area contributed by atoms with Gasteiger partial charge >= 0.3 is 0 Å². The lowest BCUT2D eigenvalue weighted by atomic mass is 9.79. The van der Waals surface area contributed by atoms with E-state index in [1.807, 2.05) is 11.9 Å². The van der Waals surface area contributed by atoms with Crippen LogP contribution in [-0.2, 0) is 4.79 Å². The summed E-state index contributed by atoms with van der Waals surface area (Å²) in [6.45, 7) is 5.09. The van der Waals surface area contributed by atoms with Gasteiger partial charge < -0.3 is 10.2 Å². The highest BCUT2D eigenvalue weighted by atomic mass is 16.2. The van der Waals surface area contributed by atoms with E-state index in [1.165, 1.54) is 25.7 Å². The lowest BCUT2D eigenvalue weighted by Gasteiger charge is -2.36. The number of nitrogens with one attached hydrogen (secondary N) is 1. The van der Waals surface area contributed by atoms with Crippen molar-refractivity contribution in [2.45, 2.75) is 45.4 Å². The van der Waals surface area contributed by atoms with E-state index in [-0.39, 0.29) is 5.41 Å². The molecular formula is C14H26N2O. The minimum atomic E-state index is -0.112. The van der Waals surface area contributed by atoms with Crippen molar-refractivity contribution in [3.8, 4) is 0 Å². The number of hydrogen-bond acceptors (Lipinski definition) is 2. The summed E-state index contributed by atoms with van der Waals surface area (Å²) in [7, 11) is 1.99. The highest BCUT2D eigenvalue weighted by molar-refractivity contribution is 5.82. The van der Waals surface area contributed by atoms with Gasteiger partial charge in [0.05, 0.1) is 0 Å². The Balaban J connectivity index is 1.88. The molecule has 3 heteroatoms. The number of nitrogens with zero attached hydrogens (tertiary/aromatic N) is 1. The van der Waals surface area contributed by atoms with E-state index in [0.29, 0.717) is 5.91 Å². The molecule has 3 nitrogen and oxygen atoms in total. The van der Waals surface area contributed by atoms with Crippen LogP contribution in [0.2, 0.25) is 0 Å². The first-order valence-corrected chi connectivity index (χ1v) is 7.08. The van der Waals surface area contributed by atoms with E-state index >= 15 is 0 Å². The van der Waals surface area contributed by atoms with Crippen LogP contribution < -0.4 is 5.32 Å². The van der Waals surface area contributed by atoms with Gasteiger partial charge in [-0.1, -0.05) is 19.8 Å². The Bertz CT molecular complexity index is 265. The predicted molar refractivity (Wildman–Crippen MR) is 69.8 cm³/mol. The Morgan fingerprint density at radius 1 is 1.29 bits per heavy atom. The van der Waals surface area contributed by atoms with E-state index in [2.05, 4.69) is 12.2 Å². The molecule has 17 heavy (non-hydrogen) atoms. The quantitative estimate of drug-likeness (QED) is 0.816. The first-order chi connectivity index (χ1) is 8.12. The summed E-state index contributed by atoms with van der Waals surface area (Å²) in [5.74, 6) is 1.13. The van der Waals surface area contributed by atoms with Crippen molar-refractivity contribution in [3.05, 3.63) is 0 Å². The molecule has 0 aromatic heterocycles. The fourth-order valence-corrected chi connectivity index (χ4v) is 3.32. The summed E-state index contributed by atoms with van der Waals surface area (Å²) in [5.41, 5.74) is -0.112. The monoisotopic (exact) mass is 238 g/mol. The van der Waals surface area contributed by atoms with Crippen LogP contribution in [0.4, 0.5) is 0 Å². The fourth-order valence-electron chi connectivity index (χ4n) is 3.32. The number of piperidine rings is 1. The Morgan fingerprint density at radius 2 is 1.88 bits per heavy atom. The highest BCUT2D eigenvalue weighted by Crippen LogP contribution is 2.31. The Morgan fingerprint density at radius 3 is 2.47 bits per heavy atom. The van der Waals surface area contributed by atoms with E-state index in [1.54, 1.807) is 0 Å².